The van der Waals surface area contributed by atoms with Gasteiger partial charge in [-0.3, -0.25) is 0 Å². The molecule has 0 saturated heterocycles. The van der Waals surface area contributed by atoms with Crippen molar-refractivity contribution in [3.63, 3.8) is 0 Å². The van der Waals surface area contributed by atoms with Crippen molar-refractivity contribution in [2.75, 3.05) is 0 Å². The van der Waals surface area contributed by atoms with Gasteiger partial charge in [0, 0.05) is 23.3 Å². The van der Waals surface area contributed by atoms with E-state index in [-0.39, 0.29) is 39.1 Å². The average Bonchev–Trinajstić information content (AvgIpc) is 2.75. The smallest absolute Gasteiger partial charge is 0.200 e. The van der Waals surface area contributed by atoms with Crippen LogP contribution in [0.3, 0.4) is 0 Å². The Bertz CT molecular complexity index is 1310. The van der Waals surface area contributed by atoms with Crippen molar-refractivity contribution in [1.29, 1.82) is 0 Å². The summed E-state index contributed by atoms with van der Waals surface area (Å²) in [4.78, 5) is 0. The van der Waals surface area contributed by atoms with Crippen molar-refractivity contribution < 1.29 is 46.0 Å². The molecule has 4 rings (SSSR count). The Hall–Kier alpha value is -4.92. The molecule has 9 heteroatoms. The molecular weight excluding hydrogens is 432 g/mol. The van der Waals surface area contributed by atoms with Gasteiger partial charge in [0.15, 0.2) is 23.0 Å². The van der Waals surface area contributed by atoms with Crippen LogP contribution >= 0.6 is 0 Å². The second-order valence-corrected chi connectivity index (χ2v) is 7.32. The van der Waals surface area contributed by atoms with E-state index in [1.165, 1.54) is 30.3 Å². The fraction of sp³-hybridized carbons (Fsp3) is 0. The van der Waals surface area contributed by atoms with E-state index in [9.17, 15) is 46.0 Å². The van der Waals surface area contributed by atoms with Crippen molar-refractivity contribution in [1.82, 2.24) is 0 Å². The first-order valence-corrected chi connectivity index (χ1v) is 9.47. The van der Waals surface area contributed by atoms with Gasteiger partial charge in [0.2, 0.25) is 11.5 Å². The molecule has 0 aliphatic heterocycles. The predicted octanol–water partition coefficient (Wildman–Crippen LogP) is 4.04. The lowest BCUT2D eigenvalue weighted by atomic mass is 9.91. The summed E-state index contributed by atoms with van der Waals surface area (Å²) in [6, 6.07) is 11.3. The predicted molar refractivity (Wildman–Crippen MR) is 118 cm³/mol. The number of phenols is 9. The number of rotatable bonds is 3. The van der Waals surface area contributed by atoms with Gasteiger partial charge in [-0.05, 0) is 59.2 Å². The molecule has 0 aliphatic carbocycles. The highest BCUT2D eigenvalue weighted by atomic mass is 16.3. The van der Waals surface area contributed by atoms with Crippen molar-refractivity contribution in [2.45, 2.75) is 0 Å². The molecule has 0 bridgehead atoms. The Morgan fingerprint density at radius 2 is 0.758 bits per heavy atom. The van der Waals surface area contributed by atoms with E-state index in [4.69, 9.17) is 0 Å². The minimum atomic E-state index is -0.764. The largest absolute Gasteiger partial charge is 0.508 e. The van der Waals surface area contributed by atoms with Crippen LogP contribution in [0.4, 0.5) is 0 Å². The molecule has 9 nitrogen and oxygen atoms in total. The van der Waals surface area contributed by atoms with Crippen molar-refractivity contribution in [3.8, 4) is 85.1 Å². The van der Waals surface area contributed by atoms with Gasteiger partial charge < -0.3 is 46.0 Å². The number of phenolic OH excluding ortho intramolecular Hbond substituents is 9. The third-order valence-corrected chi connectivity index (χ3v) is 5.19. The van der Waals surface area contributed by atoms with E-state index < -0.39 is 46.0 Å². The van der Waals surface area contributed by atoms with E-state index in [1.807, 2.05) is 0 Å². The maximum atomic E-state index is 10.4. The topological polar surface area (TPSA) is 182 Å². The monoisotopic (exact) mass is 450 g/mol. The number of benzene rings is 4. The molecule has 0 saturated carbocycles. The minimum absolute atomic E-state index is 0.0636. The quantitative estimate of drug-likeness (QED) is 0.208. The van der Waals surface area contributed by atoms with Crippen LogP contribution in [0.15, 0.2) is 54.6 Å². The summed E-state index contributed by atoms with van der Waals surface area (Å²) < 4.78 is 0. The molecular formula is C24H18O9. The first-order chi connectivity index (χ1) is 15.6. The summed E-state index contributed by atoms with van der Waals surface area (Å²) in [6.07, 6.45) is 0. The Balaban J connectivity index is 2.06. The normalized spacial score (nSPS) is 10.9. The molecule has 0 heterocycles. The van der Waals surface area contributed by atoms with Crippen LogP contribution in [0.25, 0.3) is 33.4 Å². The molecule has 4 aromatic rings. The first kappa shape index (κ1) is 21.3. The van der Waals surface area contributed by atoms with Crippen molar-refractivity contribution in [3.05, 3.63) is 54.6 Å². The third kappa shape index (κ3) is 3.57. The highest BCUT2D eigenvalue weighted by molar-refractivity contribution is 5.89. The van der Waals surface area contributed by atoms with Crippen LogP contribution in [0, 0.1) is 0 Å². The van der Waals surface area contributed by atoms with Gasteiger partial charge in [0.25, 0.3) is 0 Å². The maximum Gasteiger partial charge on any atom is 0.200 e. The molecule has 0 amide bonds. The Kier molecular flexibility index (Phi) is 4.94. The van der Waals surface area contributed by atoms with Crippen LogP contribution in [0.2, 0.25) is 0 Å². The molecule has 9 N–H and O–H groups in total. The van der Waals surface area contributed by atoms with E-state index in [1.54, 1.807) is 0 Å². The number of hydrogen-bond acceptors (Lipinski definition) is 9. The molecule has 168 valence electrons. The van der Waals surface area contributed by atoms with Crippen LogP contribution in [0.5, 0.6) is 51.7 Å². The van der Waals surface area contributed by atoms with E-state index in [2.05, 4.69) is 0 Å². The molecule has 0 aliphatic rings. The molecule has 0 unspecified atom stereocenters. The standard InChI is InChI=1S/C24H18O9/c25-13-8-18(28)20(19(29)9-13)12-6-10(14-1-3-16(26)23(32)21(14)30)5-11(7-12)15-2-4-17(27)24(33)22(15)31/h1-9,25-33H. The lowest BCUT2D eigenvalue weighted by molar-refractivity contribution is 0.369. The fourth-order valence-electron chi connectivity index (χ4n) is 3.58. The summed E-state index contributed by atoms with van der Waals surface area (Å²) in [7, 11) is 0. The fourth-order valence-corrected chi connectivity index (χ4v) is 3.58. The Labute approximate surface area is 186 Å². The maximum absolute atomic E-state index is 10.4. The van der Waals surface area contributed by atoms with Gasteiger partial charge in [-0.1, -0.05) is 0 Å². The number of hydrogen-bond donors (Lipinski definition) is 9. The SMILES string of the molecule is Oc1cc(O)c(-c2cc(-c3ccc(O)c(O)c3O)cc(-c3ccc(O)c(O)c3O)c2)c(O)c1. The molecule has 0 radical (unpaired) electrons. The van der Waals surface area contributed by atoms with Gasteiger partial charge in [-0.15, -0.1) is 0 Å². The molecule has 0 aromatic heterocycles. The second kappa shape index (κ2) is 7.65. The van der Waals surface area contributed by atoms with Crippen molar-refractivity contribution >= 4 is 0 Å². The lowest BCUT2D eigenvalue weighted by Crippen LogP contribution is -1.89. The summed E-state index contributed by atoms with van der Waals surface area (Å²) in [5.74, 6) is -5.24. The average molecular weight is 450 g/mol. The van der Waals surface area contributed by atoms with Gasteiger partial charge in [-0.25, -0.2) is 0 Å². The third-order valence-electron chi connectivity index (χ3n) is 5.19. The van der Waals surface area contributed by atoms with Gasteiger partial charge in [0.1, 0.15) is 17.2 Å². The Morgan fingerprint density at radius 3 is 1.18 bits per heavy atom. The van der Waals surface area contributed by atoms with Crippen molar-refractivity contribution in [2.24, 2.45) is 0 Å². The number of aromatic hydroxyl groups is 9. The molecule has 33 heavy (non-hydrogen) atoms. The zero-order chi connectivity index (χ0) is 24.0. The highest BCUT2D eigenvalue weighted by Gasteiger charge is 2.20. The highest BCUT2D eigenvalue weighted by Crippen LogP contribution is 2.48. The van der Waals surface area contributed by atoms with Gasteiger partial charge >= 0.3 is 0 Å². The van der Waals surface area contributed by atoms with Crippen LogP contribution in [-0.4, -0.2) is 46.0 Å². The Morgan fingerprint density at radius 1 is 0.364 bits per heavy atom. The minimum Gasteiger partial charge on any atom is -0.508 e. The summed E-state index contributed by atoms with van der Waals surface area (Å²) in [5, 5.41) is 90.2. The molecule has 0 fully saturated rings. The second-order valence-electron chi connectivity index (χ2n) is 7.32. The van der Waals surface area contributed by atoms with Gasteiger partial charge in [-0.2, -0.15) is 0 Å². The van der Waals surface area contributed by atoms with Crippen LogP contribution < -0.4 is 0 Å². The van der Waals surface area contributed by atoms with E-state index >= 15 is 0 Å². The zero-order valence-electron chi connectivity index (χ0n) is 16.7. The zero-order valence-corrected chi connectivity index (χ0v) is 16.7. The lowest BCUT2D eigenvalue weighted by Gasteiger charge is -2.15. The molecule has 4 aromatic carbocycles. The molecule has 0 spiro atoms. The van der Waals surface area contributed by atoms with E-state index in [0.717, 1.165) is 24.3 Å². The summed E-state index contributed by atoms with van der Waals surface area (Å²) >= 11 is 0. The van der Waals surface area contributed by atoms with E-state index in [0.29, 0.717) is 0 Å². The first-order valence-electron chi connectivity index (χ1n) is 9.47. The van der Waals surface area contributed by atoms with Gasteiger partial charge in [0.05, 0.1) is 5.56 Å². The van der Waals surface area contributed by atoms with Crippen LogP contribution in [-0.2, 0) is 0 Å². The summed E-state index contributed by atoms with van der Waals surface area (Å²) in [6.45, 7) is 0. The summed E-state index contributed by atoms with van der Waals surface area (Å²) in [5.41, 5.74) is 0.683. The molecule has 0 atom stereocenters. The van der Waals surface area contributed by atoms with Crippen LogP contribution in [0.1, 0.15) is 0 Å².